The SMILES string of the molecule is C/C=C(\C=C/CC)c1cccc(-c2ccnc(-n3c4ccc(-c5ccccc5)cc4c4cc(-c5ccccc5)cc(-c5ccccc5)c43)n2)c1. The molecule has 2 aromatic heterocycles. The first-order chi connectivity index (χ1) is 24.7. The first-order valence-electron chi connectivity index (χ1n) is 17.3. The summed E-state index contributed by atoms with van der Waals surface area (Å²) in [7, 11) is 0. The van der Waals surface area contributed by atoms with Crippen LogP contribution in [0, 0.1) is 0 Å². The van der Waals surface area contributed by atoms with Gasteiger partial charge in [-0.25, -0.2) is 9.97 Å². The highest BCUT2D eigenvalue weighted by molar-refractivity contribution is 6.16. The van der Waals surface area contributed by atoms with Crippen LogP contribution in [-0.2, 0) is 0 Å². The van der Waals surface area contributed by atoms with Crippen molar-refractivity contribution in [3.63, 3.8) is 0 Å². The minimum Gasteiger partial charge on any atom is -0.277 e. The smallest absolute Gasteiger partial charge is 0.235 e. The van der Waals surface area contributed by atoms with Crippen molar-refractivity contribution < 1.29 is 0 Å². The Bertz CT molecular complexity index is 2510. The van der Waals surface area contributed by atoms with E-state index in [-0.39, 0.29) is 0 Å². The summed E-state index contributed by atoms with van der Waals surface area (Å²) >= 11 is 0. The van der Waals surface area contributed by atoms with Gasteiger partial charge >= 0.3 is 0 Å². The van der Waals surface area contributed by atoms with Gasteiger partial charge in [-0.15, -0.1) is 0 Å². The van der Waals surface area contributed by atoms with E-state index in [1.807, 2.05) is 12.3 Å². The quantitative estimate of drug-likeness (QED) is 0.154. The Balaban J connectivity index is 1.40. The molecule has 0 saturated heterocycles. The van der Waals surface area contributed by atoms with Crippen LogP contribution in [0.3, 0.4) is 0 Å². The fourth-order valence-electron chi connectivity index (χ4n) is 6.88. The molecule has 0 fully saturated rings. The van der Waals surface area contributed by atoms with E-state index < -0.39 is 0 Å². The lowest BCUT2D eigenvalue weighted by atomic mass is 9.95. The van der Waals surface area contributed by atoms with Gasteiger partial charge in [-0.3, -0.25) is 4.57 Å². The van der Waals surface area contributed by atoms with E-state index >= 15 is 0 Å². The third kappa shape index (κ3) is 5.84. The molecule has 0 bridgehead atoms. The number of allylic oxidation sites excluding steroid dienone is 4. The molecule has 2 heterocycles. The van der Waals surface area contributed by atoms with Crippen molar-refractivity contribution in [2.45, 2.75) is 20.3 Å². The third-order valence-electron chi connectivity index (χ3n) is 9.34. The topological polar surface area (TPSA) is 30.7 Å². The molecule has 0 unspecified atom stereocenters. The molecule has 50 heavy (non-hydrogen) atoms. The standard InChI is InChI=1S/C47H37N3/c1-3-5-16-33(4-2)37-23-15-24-39(29-37)44-27-28-48-47(49-44)50-45-26-25-38(34-17-9-6-10-18-34)30-42(45)43-32-40(35-19-11-7-12-20-35)31-41(46(43)50)36-21-13-8-14-22-36/h4-32H,3H2,1-2H3/b16-5-,33-4+. The van der Waals surface area contributed by atoms with Crippen molar-refractivity contribution in [1.29, 1.82) is 0 Å². The minimum atomic E-state index is 0.641. The molecule has 0 saturated carbocycles. The molecule has 240 valence electrons. The zero-order valence-corrected chi connectivity index (χ0v) is 28.3. The van der Waals surface area contributed by atoms with E-state index in [1.165, 1.54) is 33.4 Å². The second-order valence-electron chi connectivity index (χ2n) is 12.5. The van der Waals surface area contributed by atoms with Gasteiger partial charge in [0.2, 0.25) is 5.95 Å². The molecule has 0 aliphatic carbocycles. The lowest BCUT2D eigenvalue weighted by molar-refractivity contribution is 0.992. The van der Waals surface area contributed by atoms with Gasteiger partial charge in [0.05, 0.1) is 16.7 Å². The summed E-state index contributed by atoms with van der Waals surface area (Å²) in [5.74, 6) is 0.641. The van der Waals surface area contributed by atoms with Crippen LogP contribution in [-0.4, -0.2) is 14.5 Å². The summed E-state index contributed by atoms with van der Waals surface area (Å²) in [5, 5.41) is 2.32. The zero-order chi connectivity index (χ0) is 33.9. The van der Waals surface area contributed by atoms with Crippen LogP contribution >= 0.6 is 0 Å². The average molecular weight is 644 g/mol. The Morgan fingerprint density at radius 3 is 1.96 bits per heavy atom. The number of hydrogen-bond donors (Lipinski definition) is 0. The molecular formula is C47H37N3. The monoisotopic (exact) mass is 643 g/mol. The molecular weight excluding hydrogens is 607 g/mol. The molecule has 3 nitrogen and oxygen atoms in total. The van der Waals surface area contributed by atoms with Gasteiger partial charge < -0.3 is 0 Å². The van der Waals surface area contributed by atoms with E-state index in [2.05, 4.69) is 182 Å². The molecule has 0 amide bonds. The van der Waals surface area contributed by atoms with Crippen LogP contribution in [0.15, 0.2) is 176 Å². The summed E-state index contributed by atoms with van der Waals surface area (Å²) in [4.78, 5) is 10.2. The Kier molecular flexibility index (Phi) is 8.46. The lowest BCUT2D eigenvalue weighted by Crippen LogP contribution is -2.03. The number of fused-ring (bicyclic) bond motifs is 3. The Labute approximate surface area is 293 Å². The van der Waals surface area contributed by atoms with Crippen molar-refractivity contribution >= 4 is 27.4 Å². The highest BCUT2D eigenvalue weighted by atomic mass is 15.2. The van der Waals surface area contributed by atoms with E-state index in [9.17, 15) is 0 Å². The lowest BCUT2D eigenvalue weighted by Gasteiger charge is -2.13. The van der Waals surface area contributed by atoms with Crippen molar-refractivity contribution in [3.05, 3.63) is 182 Å². The van der Waals surface area contributed by atoms with Gasteiger partial charge in [0.25, 0.3) is 0 Å². The maximum Gasteiger partial charge on any atom is 0.235 e. The van der Waals surface area contributed by atoms with Gasteiger partial charge in [0, 0.05) is 28.1 Å². The highest BCUT2D eigenvalue weighted by Gasteiger charge is 2.21. The van der Waals surface area contributed by atoms with Crippen LogP contribution in [0.5, 0.6) is 0 Å². The maximum atomic E-state index is 5.28. The summed E-state index contributed by atoms with van der Waals surface area (Å²) < 4.78 is 2.26. The fraction of sp³-hybridized carbons (Fsp3) is 0.0638. The van der Waals surface area contributed by atoms with Crippen LogP contribution < -0.4 is 0 Å². The zero-order valence-electron chi connectivity index (χ0n) is 28.3. The first-order valence-corrected chi connectivity index (χ1v) is 17.3. The van der Waals surface area contributed by atoms with E-state index in [1.54, 1.807) is 0 Å². The molecule has 0 spiro atoms. The largest absolute Gasteiger partial charge is 0.277 e. The molecule has 8 aromatic rings. The van der Waals surface area contributed by atoms with Gasteiger partial charge in [-0.2, -0.15) is 0 Å². The van der Waals surface area contributed by atoms with Gasteiger partial charge in [-0.1, -0.05) is 140 Å². The second kappa shape index (κ2) is 13.7. The van der Waals surface area contributed by atoms with Crippen LogP contribution in [0.4, 0.5) is 0 Å². The van der Waals surface area contributed by atoms with E-state index in [0.29, 0.717) is 5.95 Å². The molecule has 0 aliphatic rings. The van der Waals surface area contributed by atoms with Crippen molar-refractivity contribution in [3.8, 4) is 50.6 Å². The molecule has 8 rings (SSSR count). The summed E-state index contributed by atoms with van der Waals surface area (Å²) in [6.07, 6.45) is 9.43. The Hall–Kier alpha value is -6.32. The van der Waals surface area contributed by atoms with Crippen molar-refractivity contribution in [2.75, 3.05) is 0 Å². The number of benzene rings is 6. The highest BCUT2D eigenvalue weighted by Crippen LogP contribution is 2.42. The number of aromatic nitrogens is 3. The number of rotatable bonds is 8. The van der Waals surface area contributed by atoms with E-state index in [4.69, 9.17) is 9.97 Å². The van der Waals surface area contributed by atoms with Crippen molar-refractivity contribution in [1.82, 2.24) is 14.5 Å². The normalized spacial score (nSPS) is 11.9. The second-order valence-corrected chi connectivity index (χ2v) is 12.5. The molecule has 6 aromatic carbocycles. The van der Waals surface area contributed by atoms with Crippen LogP contribution in [0.25, 0.3) is 78.0 Å². The predicted molar refractivity (Wildman–Crippen MR) is 211 cm³/mol. The maximum absolute atomic E-state index is 5.28. The molecule has 0 N–H and O–H groups in total. The number of nitrogens with zero attached hydrogens (tertiary/aromatic N) is 3. The minimum absolute atomic E-state index is 0.641. The van der Waals surface area contributed by atoms with Crippen LogP contribution in [0.1, 0.15) is 25.8 Å². The molecule has 0 radical (unpaired) electrons. The fourth-order valence-corrected chi connectivity index (χ4v) is 6.88. The van der Waals surface area contributed by atoms with Gasteiger partial charge in [-0.05, 0) is 88.7 Å². The molecule has 0 aliphatic heterocycles. The molecule has 3 heteroatoms. The van der Waals surface area contributed by atoms with Gasteiger partial charge in [0.1, 0.15) is 0 Å². The van der Waals surface area contributed by atoms with Crippen molar-refractivity contribution in [2.24, 2.45) is 0 Å². The summed E-state index contributed by atoms with van der Waals surface area (Å²) in [5.41, 5.74) is 13.4. The summed E-state index contributed by atoms with van der Waals surface area (Å²) in [6, 6.07) is 53.9. The van der Waals surface area contributed by atoms with Crippen LogP contribution in [0.2, 0.25) is 0 Å². The predicted octanol–water partition coefficient (Wildman–Crippen LogP) is 12.6. The third-order valence-corrected chi connectivity index (χ3v) is 9.34. The Morgan fingerprint density at radius 2 is 1.26 bits per heavy atom. The van der Waals surface area contributed by atoms with Gasteiger partial charge in [0.15, 0.2) is 0 Å². The first kappa shape index (κ1) is 31.0. The average Bonchev–Trinajstić information content (AvgIpc) is 3.53. The van der Waals surface area contributed by atoms with E-state index in [0.717, 1.165) is 50.6 Å². The molecule has 0 atom stereocenters. The Morgan fingerprint density at radius 1 is 0.600 bits per heavy atom. The summed E-state index contributed by atoms with van der Waals surface area (Å²) in [6.45, 7) is 4.25. The number of hydrogen-bond acceptors (Lipinski definition) is 2.